The summed E-state index contributed by atoms with van der Waals surface area (Å²) in [5.41, 5.74) is 0.0236. The van der Waals surface area contributed by atoms with E-state index in [2.05, 4.69) is 0 Å². The molecule has 0 radical (unpaired) electrons. The Balaban J connectivity index is 2.10. The van der Waals surface area contributed by atoms with Crippen LogP contribution in [-0.2, 0) is 6.54 Å². The normalized spacial score (nSPS) is 16.1. The Morgan fingerprint density at radius 2 is 1.39 bits per heavy atom. The highest BCUT2D eigenvalue weighted by molar-refractivity contribution is 5.28. The topological polar surface area (TPSA) is 23.5 Å². The largest absolute Gasteiger partial charge is 0.395 e. The van der Waals surface area contributed by atoms with Gasteiger partial charge in [0.15, 0.2) is 23.3 Å². The summed E-state index contributed by atoms with van der Waals surface area (Å²) in [6.07, 6.45) is 2.91. The van der Waals surface area contributed by atoms with Crippen molar-refractivity contribution in [1.29, 1.82) is 0 Å². The summed E-state index contributed by atoms with van der Waals surface area (Å²) in [7, 11) is 0. The third-order valence-electron chi connectivity index (χ3n) is 5.39. The minimum atomic E-state index is -2.15. The lowest BCUT2D eigenvalue weighted by Gasteiger charge is -2.36. The molecule has 1 fully saturated rings. The van der Waals surface area contributed by atoms with Gasteiger partial charge < -0.3 is 5.11 Å². The van der Waals surface area contributed by atoms with Crippen LogP contribution >= 0.6 is 0 Å². The van der Waals surface area contributed by atoms with Crippen molar-refractivity contribution < 1.29 is 27.1 Å². The average molecular weight is 399 g/mol. The van der Waals surface area contributed by atoms with Crippen LogP contribution in [0.2, 0.25) is 0 Å². The van der Waals surface area contributed by atoms with Crippen molar-refractivity contribution in [3.63, 3.8) is 0 Å². The van der Waals surface area contributed by atoms with Crippen LogP contribution in [-0.4, -0.2) is 23.2 Å². The summed E-state index contributed by atoms with van der Waals surface area (Å²) in [6.45, 7) is -0.0247. The van der Waals surface area contributed by atoms with E-state index in [1.165, 1.54) is 0 Å². The second-order valence-corrected chi connectivity index (χ2v) is 7.15. The van der Waals surface area contributed by atoms with Gasteiger partial charge in [-0.1, -0.05) is 43.2 Å². The van der Waals surface area contributed by atoms with E-state index in [0.717, 1.165) is 18.4 Å². The van der Waals surface area contributed by atoms with Crippen LogP contribution in [0, 0.1) is 35.0 Å². The second-order valence-electron chi connectivity index (χ2n) is 7.15. The van der Waals surface area contributed by atoms with Crippen LogP contribution < -0.4 is 0 Å². The minimum absolute atomic E-state index is 0.0511. The molecule has 152 valence electrons. The van der Waals surface area contributed by atoms with Gasteiger partial charge in [-0.2, -0.15) is 0 Å². The lowest BCUT2D eigenvalue weighted by atomic mass is 9.88. The van der Waals surface area contributed by atoms with Gasteiger partial charge >= 0.3 is 0 Å². The molecular formula is C21H22F5NO. The Kier molecular flexibility index (Phi) is 6.67. The zero-order valence-electron chi connectivity index (χ0n) is 15.3. The third kappa shape index (κ3) is 4.05. The molecule has 0 saturated heterocycles. The molecule has 1 saturated carbocycles. The Labute approximate surface area is 160 Å². The smallest absolute Gasteiger partial charge is 0.200 e. The highest BCUT2D eigenvalue weighted by Gasteiger charge is 2.38. The monoisotopic (exact) mass is 399 g/mol. The number of hydrogen-bond donors (Lipinski definition) is 1. The van der Waals surface area contributed by atoms with E-state index in [1.54, 1.807) is 17.0 Å². The highest BCUT2D eigenvalue weighted by atomic mass is 19.2. The fourth-order valence-corrected chi connectivity index (χ4v) is 4.13. The molecule has 2 aromatic rings. The summed E-state index contributed by atoms with van der Waals surface area (Å²) in [4.78, 5) is 1.61. The van der Waals surface area contributed by atoms with Crippen LogP contribution in [0.3, 0.4) is 0 Å². The van der Waals surface area contributed by atoms with Gasteiger partial charge in [0.05, 0.1) is 6.61 Å². The molecule has 1 aliphatic rings. The maximum absolute atomic E-state index is 14.6. The van der Waals surface area contributed by atoms with Gasteiger partial charge in [0, 0.05) is 24.7 Å². The number of benzene rings is 2. The van der Waals surface area contributed by atoms with Crippen molar-refractivity contribution in [3.05, 3.63) is 70.5 Å². The quantitative estimate of drug-likeness (QED) is 0.397. The van der Waals surface area contributed by atoms with E-state index in [4.69, 9.17) is 0 Å². The molecule has 2 aromatic carbocycles. The number of nitrogens with zero attached hydrogens (tertiary/aromatic N) is 1. The molecule has 7 heteroatoms. The van der Waals surface area contributed by atoms with E-state index >= 15 is 0 Å². The van der Waals surface area contributed by atoms with E-state index in [-0.39, 0.29) is 25.6 Å². The molecule has 1 atom stereocenters. The lowest BCUT2D eigenvalue weighted by molar-refractivity contribution is 0.0985. The molecule has 1 aliphatic carbocycles. The van der Waals surface area contributed by atoms with Crippen LogP contribution in [0.4, 0.5) is 22.0 Å². The fourth-order valence-electron chi connectivity index (χ4n) is 4.13. The van der Waals surface area contributed by atoms with Crippen molar-refractivity contribution in [2.24, 2.45) is 5.92 Å². The van der Waals surface area contributed by atoms with Crippen molar-refractivity contribution in [1.82, 2.24) is 4.90 Å². The molecule has 0 bridgehead atoms. The first-order valence-electron chi connectivity index (χ1n) is 9.35. The standard InChI is InChI=1S/C21H22F5NO/c22-16-15(17(23)19(25)20(26)18(16)24)21(14-8-4-5-9-14)27(10-11-28)12-13-6-2-1-3-7-13/h1-3,6-7,14,21,28H,4-5,8-12H2/t21-/m1/s1. The predicted molar refractivity (Wildman–Crippen MR) is 94.9 cm³/mol. The first kappa shape index (κ1) is 20.7. The van der Waals surface area contributed by atoms with E-state index in [0.29, 0.717) is 12.8 Å². The lowest BCUT2D eigenvalue weighted by Crippen LogP contribution is -2.36. The zero-order chi connectivity index (χ0) is 20.3. The molecule has 0 spiro atoms. The molecule has 0 unspecified atom stereocenters. The van der Waals surface area contributed by atoms with Gasteiger partial charge in [0.25, 0.3) is 0 Å². The number of halogens is 5. The number of aliphatic hydroxyl groups is 1. The SMILES string of the molecule is OCCN(Cc1ccccc1)[C@@H](c1c(F)c(F)c(F)c(F)c1F)C1CCCC1. The molecule has 0 aromatic heterocycles. The zero-order valence-corrected chi connectivity index (χ0v) is 15.3. The van der Waals surface area contributed by atoms with Gasteiger partial charge in [-0.05, 0) is 24.3 Å². The summed E-state index contributed by atoms with van der Waals surface area (Å²) in [6, 6.07) is 8.03. The molecule has 0 heterocycles. The van der Waals surface area contributed by atoms with Gasteiger partial charge in [-0.3, -0.25) is 4.90 Å². The van der Waals surface area contributed by atoms with Gasteiger partial charge in [-0.15, -0.1) is 0 Å². The Morgan fingerprint density at radius 1 is 0.857 bits per heavy atom. The Hall–Kier alpha value is -1.99. The average Bonchev–Trinajstić information content (AvgIpc) is 3.23. The molecule has 2 nitrogen and oxygen atoms in total. The number of aliphatic hydroxyl groups excluding tert-OH is 1. The summed E-state index contributed by atoms with van der Waals surface area (Å²) < 4.78 is 70.6. The van der Waals surface area contributed by atoms with Crippen molar-refractivity contribution in [2.45, 2.75) is 38.3 Å². The molecule has 1 N–H and O–H groups in total. The molecular weight excluding hydrogens is 377 g/mol. The Morgan fingerprint density at radius 3 is 1.93 bits per heavy atom. The van der Waals surface area contributed by atoms with Crippen molar-refractivity contribution in [2.75, 3.05) is 13.2 Å². The fraction of sp³-hybridized carbons (Fsp3) is 0.429. The minimum Gasteiger partial charge on any atom is -0.395 e. The molecule has 0 aliphatic heterocycles. The third-order valence-corrected chi connectivity index (χ3v) is 5.39. The van der Waals surface area contributed by atoms with Gasteiger partial charge in [0.1, 0.15) is 0 Å². The Bertz CT molecular complexity index is 779. The van der Waals surface area contributed by atoms with Gasteiger partial charge in [0.2, 0.25) is 5.82 Å². The van der Waals surface area contributed by atoms with Gasteiger partial charge in [-0.25, -0.2) is 22.0 Å². The second kappa shape index (κ2) is 9.01. The van der Waals surface area contributed by atoms with Crippen LogP contribution in [0.5, 0.6) is 0 Å². The van der Waals surface area contributed by atoms with E-state index in [9.17, 15) is 27.1 Å². The van der Waals surface area contributed by atoms with E-state index < -0.39 is 40.7 Å². The molecule has 3 rings (SSSR count). The van der Waals surface area contributed by atoms with Crippen LogP contribution in [0.25, 0.3) is 0 Å². The summed E-state index contributed by atoms with van der Waals surface area (Å²) >= 11 is 0. The first-order chi connectivity index (χ1) is 13.5. The summed E-state index contributed by atoms with van der Waals surface area (Å²) in [5, 5.41) is 9.51. The van der Waals surface area contributed by atoms with Crippen molar-refractivity contribution in [3.8, 4) is 0 Å². The molecule has 28 heavy (non-hydrogen) atoms. The van der Waals surface area contributed by atoms with E-state index in [1.807, 2.05) is 18.2 Å². The number of hydrogen-bond acceptors (Lipinski definition) is 2. The summed E-state index contributed by atoms with van der Waals surface area (Å²) in [5.74, 6) is -9.85. The van der Waals surface area contributed by atoms with Crippen LogP contribution in [0.1, 0.15) is 42.9 Å². The predicted octanol–water partition coefficient (Wildman–Crippen LogP) is 5.11. The van der Waals surface area contributed by atoms with Crippen LogP contribution in [0.15, 0.2) is 30.3 Å². The maximum atomic E-state index is 14.6. The van der Waals surface area contributed by atoms with Crippen molar-refractivity contribution >= 4 is 0 Å². The maximum Gasteiger partial charge on any atom is 0.200 e. The first-order valence-corrected chi connectivity index (χ1v) is 9.35. The number of rotatable bonds is 7. The highest BCUT2D eigenvalue weighted by Crippen LogP contribution is 2.43. The molecule has 0 amide bonds.